The lowest BCUT2D eigenvalue weighted by Gasteiger charge is -2.37. The quantitative estimate of drug-likeness (QED) is 0.547. The van der Waals surface area contributed by atoms with E-state index in [1.807, 2.05) is 66.7 Å². The predicted octanol–water partition coefficient (Wildman–Crippen LogP) is 5.37. The van der Waals surface area contributed by atoms with Gasteiger partial charge in [-0.1, -0.05) is 48.9 Å². The third-order valence-corrected chi connectivity index (χ3v) is 5.51. The smallest absolute Gasteiger partial charge is 0.410 e. The maximum Gasteiger partial charge on any atom is 0.419 e. The van der Waals surface area contributed by atoms with Gasteiger partial charge in [0.25, 0.3) is 5.91 Å². The minimum Gasteiger partial charge on any atom is -0.410 e. The Morgan fingerprint density at radius 3 is 2.09 bits per heavy atom. The summed E-state index contributed by atoms with van der Waals surface area (Å²) in [6.07, 6.45) is 2.74. The van der Waals surface area contributed by atoms with E-state index in [-0.39, 0.29) is 5.91 Å². The van der Waals surface area contributed by atoms with Crippen LogP contribution in [-0.4, -0.2) is 37.1 Å². The Morgan fingerprint density at radius 1 is 0.781 bits per heavy atom. The van der Waals surface area contributed by atoms with Crippen molar-refractivity contribution in [1.82, 2.24) is 5.01 Å². The Hall–Kier alpha value is -3.64. The van der Waals surface area contributed by atoms with Crippen molar-refractivity contribution in [3.8, 4) is 5.75 Å². The second kappa shape index (κ2) is 10.1. The lowest BCUT2D eigenvalue weighted by molar-refractivity contribution is 0.0872. The summed E-state index contributed by atoms with van der Waals surface area (Å²) in [5.41, 5.74) is 2.03. The monoisotopic (exact) mass is 429 g/mol. The molecule has 1 heterocycles. The molecule has 6 heteroatoms. The second-order valence-electron chi connectivity index (χ2n) is 7.76. The largest absolute Gasteiger partial charge is 0.419 e. The van der Waals surface area contributed by atoms with Crippen LogP contribution in [0.25, 0.3) is 0 Å². The number of hydrogen-bond acceptors (Lipinski definition) is 4. The molecule has 0 spiro atoms. The molecule has 0 radical (unpaired) electrons. The van der Waals surface area contributed by atoms with Gasteiger partial charge < -0.3 is 4.74 Å². The number of amides is 2. The highest BCUT2D eigenvalue weighted by atomic mass is 16.6. The van der Waals surface area contributed by atoms with E-state index >= 15 is 0 Å². The molecule has 0 aliphatic carbocycles. The van der Waals surface area contributed by atoms with E-state index in [0.717, 1.165) is 38.0 Å². The molecule has 2 amide bonds. The second-order valence-corrected chi connectivity index (χ2v) is 7.76. The summed E-state index contributed by atoms with van der Waals surface area (Å²) in [5, 5.41) is 3.79. The molecule has 6 nitrogen and oxygen atoms in total. The van der Waals surface area contributed by atoms with E-state index in [1.54, 1.807) is 30.3 Å². The molecule has 1 saturated heterocycles. The van der Waals surface area contributed by atoms with Crippen LogP contribution in [-0.2, 0) is 0 Å². The molecular formula is C26H27N3O3. The van der Waals surface area contributed by atoms with Crippen molar-refractivity contribution in [1.29, 1.82) is 0 Å². The summed E-state index contributed by atoms with van der Waals surface area (Å²) in [6.45, 7) is 1.61. The van der Waals surface area contributed by atoms with Crippen molar-refractivity contribution >= 4 is 23.4 Å². The van der Waals surface area contributed by atoms with Gasteiger partial charge in [0.2, 0.25) is 0 Å². The number of hydrogen-bond donors (Lipinski definition) is 0. The number of hydrazine groups is 1. The first-order valence-corrected chi connectivity index (χ1v) is 10.9. The average Bonchev–Trinajstić information content (AvgIpc) is 2.85. The maximum atomic E-state index is 13.4. The van der Waals surface area contributed by atoms with Crippen LogP contribution < -0.4 is 14.6 Å². The maximum absolute atomic E-state index is 13.4. The summed E-state index contributed by atoms with van der Waals surface area (Å²) in [4.78, 5) is 27.6. The summed E-state index contributed by atoms with van der Waals surface area (Å²) >= 11 is 0. The van der Waals surface area contributed by atoms with Gasteiger partial charge in [-0.2, -0.15) is 0 Å². The van der Waals surface area contributed by atoms with E-state index < -0.39 is 6.09 Å². The molecule has 0 bridgehead atoms. The van der Waals surface area contributed by atoms with E-state index in [9.17, 15) is 9.59 Å². The van der Waals surface area contributed by atoms with Crippen molar-refractivity contribution in [2.75, 3.05) is 30.0 Å². The average molecular weight is 430 g/mol. The summed E-state index contributed by atoms with van der Waals surface area (Å²) in [7, 11) is 1.67. The molecule has 3 aromatic rings. The van der Waals surface area contributed by atoms with Gasteiger partial charge in [0.15, 0.2) is 0 Å². The molecule has 0 atom stereocenters. The van der Waals surface area contributed by atoms with Gasteiger partial charge >= 0.3 is 6.09 Å². The van der Waals surface area contributed by atoms with Crippen LogP contribution in [0.5, 0.6) is 5.75 Å². The molecule has 0 saturated carbocycles. The predicted molar refractivity (Wildman–Crippen MR) is 126 cm³/mol. The highest BCUT2D eigenvalue weighted by Gasteiger charge is 2.26. The minimum atomic E-state index is -0.493. The van der Waals surface area contributed by atoms with Crippen molar-refractivity contribution in [2.24, 2.45) is 0 Å². The van der Waals surface area contributed by atoms with Gasteiger partial charge in [-0.3, -0.25) is 9.69 Å². The van der Waals surface area contributed by atoms with E-state index in [0.29, 0.717) is 17.0 Å². The molecule has 4 rings (SSSR count). The SMILES string of the molecule is CN(C(=O)Oc1cccc(N(C(=O)c2ccccc2)N2CCCCC2)c1)c1ccccc1. The molecule has 1 aliphatic rings. The first-order valence-electron chi connectivity index (χ1n) is 10.9. The number of anilines is 2. The lowest BCUT2D eigenvalue weighted by Crippen LogP contribution is -2.49. The first-order chi connectivity index (χ1) is 15.6. The fourth-order valence-corrected chi connectivity index (χ4v) is 3.79. The number of benzene rings is 3. The zero-order valence-electron chi connectivity index (χ0n) is 18.2. The molecular weight excluding hydrogens is 402 g/mol. The van der Waals surface area contributed by atoms with Gasteiger partial charge in [-0.25, -0.2) is 14.8 Å². The number of carbonyl (C=O) groups is 2. The number of rotatable bonds is 5. The fourth-order valence-electron chi connectivity index (χ4n) is 3.79. The molecule has 3 aromatic carbocycles. The Balaban J connectivity index is 1.59. The molecule has 0 unspecified atom stereocenters. The number of carbonyl (C=O) groups excluding carboxylic acids is 2. The van der Waals surface area contributed by atoms with Crippen LogP contribution in [0.15, 0.2) is 84.9 Å². The van der Waals surface area contributed by atoms with Gasteiger partial charge in [-0.15, -0.1) is 0 Å². The number of piperidine rings is 1. The van der Waals surface area contributed by atoms with Crippen molar-refractivity contribution in [3.63, 3.8) is 0 Å². The fraction of sp³-hybridized carbons (Fsp3) is 0.231. The Kier molecular flexibility index (Phi) is 6.82. The van der Waals surface area contributed by atoms with E-state index in [2.05, 4.69) is 5.01 Å². The highest BCUT2D eigenvalue weighted by molar-refractivity contribution is 6.05. The lowest BCUT2D eigenvalue weighted by atomic mass is 10.1. The molecule has 164 valence electrons. The van der Waals surface area contributed by atoms with Crippen LogP contribution in [0.2, 0.25) is 0 Å². The van der Waals surface area contributed by atoms with Crippen molar-refractivity contribution in [2.45, 2.75) is 19.3 Å². The zero-order chi connectivity index (χ0) is 22.3. The number of ether oxygens (including phenoxy) is 1. The summed E-state index contributed by atoms with van der Waals surface area (Å²) in [6, 6.07) is 25.7. The minimum absolute atomic E-state index is 0.0996. The summed E-state index contributed by atoms with van der Waals surface area (Å²) in [5.74, 6) is 0.288. The standard InChI is InChI=1S/C26H27N3O3/c1-27(22-14-7-3-8-15-22)26(31)32-24-17-11-16-23(20-24)29(28-18-9-4-10-19-28)25(30)21-12-5-2-6-13-21/h2-3,5-8,11-17,20H,4,9-10,18-19H2,1H3. The summed E-state index contributed by atoms with van der Waals surface area (Å²) < 4.78 is 5.62. The Morgan fingerprint density at radius 2 is 1.41 bits per heavy atom. The molecule has 0 aromatic heterocycles. The molecule has 1 aliphatic heterocycles. The number of nitrogens with zero attached hydrogens (tertiary/aromatic N) is 3. The van der Waals surface area contributed by atoms with Crippen LogP contribution in [0, 0.1) is 0 Å². The Bertz CT molecular complexity index is 1050. The van der Waals surface area contributed by atoms with Crippen LogP contribution in [0.4, 0.5) is 16.2 Å². The van der Waals surface area contributed by atoms with Gasteiger partial charge in [0.05, 0.1) is 5.69 Å². The van der Waals surface area contributed by atoms with E-state index in [1.165, 1.54) is 4.90 Å². The van der Waals surface area contributed by atoms with Crippen LogP contribution in [0.1, 0.15) is 29.6 Å². The molecule has 0 N–H and O–H groups in total. The van der Waals surface area contributed by atoms with Gasteiger partial charge in [-0.05, 0) is 49.2 Å². The van der Waals surface area contributed by atoms with E-state index in [4.69, 9.17) is 4.74 Å². The van der Waals surface area contributed by atoms with Gasteiger partial charge in [0, 0.05) is 37.5 Å². The van der Waals surface area contributed by atoms with Crippen molar-refractivity contribution < 1.29 is 14.3 Å². The number of para-hydroxylation sites is 1. The van der Waals surface area contributed by atoms with Crippen molar-refractivity contribution in [3.05, 3.63) is 90.5 Å². The molecule has 1 fully saturated rings. The Labute approximate surface area is 188 Å². The first kappa shape index (κ1) is 21.6. The third kappa shape index (κ3) is 4.98. The topological polar surface area (TPSA) is 53.1 Å². The van der Waals surface area contributed by atoms with Gasteiger partial charge in [0.1, 0.15) is 5.75 Å². The highest BCUT2D eigenvalue weighted by Crippen LogP contribution is 2.27. The van der Waals surface area contributed by atoms with Crippen LogP contribution in [0.3, 0.4) is 0 Å². The third-order valence-electron chi connectivity index (χ3n) is 5.51. The molecule has 32 heavy (non-hydrogen) atoms. The zero-order valence-corrected chi connectivity index (χ0v) is 18.2. The van der Waals surface area contributed by atoms with Crippen LogP contribution >= 0.6 is 0 Å². The normalized spacial score (nSPS) is 13.9.